The van der Waals surface area contributed by atoms with Crippen molar-refractivity contribution in [3.63, 3.8) is 0 Å². The Hall–Kier alpha value is -2.51. The maximum absolute atomic E-state index is 12.9. The van der Waals surface area contributed by atoms with Gasteiger partial charge in [0.2, 0.25) is 0 Å². The summed E-state index contributed by atoms with van der Waals surface area (Å²) in [5.41, 5.74) is 6.29. The first-order valence-electron chi connectivity index (χ1n) is 7.61. The van der Waals surface area contributed by atoms with Crippen LogP contribution >= 0.6 is 0 Å². The van der Waals surface area contributed by atoms with E-state index >= 15 is 0 Å². The van der Waals surface area contributed by atoms with Crippen molar-refractivity contribution in [3.8, 4) is 0 Å². The monoisotopic (exact) mass is 338 g/mol. The fraction of sp³-hybridized carbons (Fsp3) is 0.375. The summed E-state index contributed by atoms with van der Waals surface area (Å²) < 4.78 is 40.3. The standard InChI is InChI=1S/C16H17F3N4O/c1-2-12-13(14(20)24)15-22(6-7-23(15)21-12)9-10-4-3-5-11(8-10)16(17,18)19/h3-5,8H,2,6-7,9H2,1H3,(H2,20,24). The second kappa shape index (κ2) is 5.85. The first kappa shape index (κ1) is 16.4. The third-order valence-electron chi connectivity index (χ3n) is 4.09. The molecule has 0 unspecified atom stereocenters. The smallest absolute Gasteiger partial charge is 0.365 e. The van der Waals surface area contributed by atoms with Crippen molar-refractivity contribution in [2.75, 3.05) is 11.4 Å². The van der Waals surface area contributed by atoms with E-state index in [2.05, 4.69) is 5.10 Å². The minimum absolute atomic E-state index is 0.263. The molecule has 24 heavy (non-hydrogen) atoms. The van der Waals surface area contributed by atoms with Crippen LogP contribution in [0.1, 0.15) is 34.1 Å². The fourth-order valence-electron chi connectivity index (χ4n) is 3.02. The molecule has 1 aliphatic rings. The molecule has 1 amide bonds. The Morgan fingerprint density at radius 1 is 1.33 bits per heavy atom. The van der Waals surface area contributed by atoms with Gasteiger partial charge in [0, 0.05) is 13.1 Å². The second-order valence-corrected chi connectivity index (χ2v) is 5.71. The molecule has 1 aromatic heterocycles. The summed E-state index contributed by atoms with van der Waals surface area (Å²) >= 11 is 0. The molecule has 0 aliphatic carbocycles. The lowest BCUT2D eigenvalue weighted by Crippen LogP contribution is -2.24. The van der Waals surface area contributed by atoms with Crippen molar-refractivity contribution in [2.45, 2.75) is 32.6 Å². The molecule has 0 radical (unpaired) electrons. The highest BCUT2D eigenvalue weighted by Gasteiger charge is 2.32. The highest BCUT2D eigenvalue weighted by Crippen LogP contribution is 2.32. The van der Waals surface area contributed by atoms with Gasteiger partial charge in [-0.1, -0.05) is 19.1 Å². The zero-order chi connectivity index (χ0) is 17.5. The summed E-state index contributed by atoms with van der Waals surface area (Å²) in [5.74, 6) is 0.0285. The summed E-state index contributed by atoms with van der Waals surface area (Å²) in [7, 11) is 0. The van der Waals surface area contributed by atoms with E-state index in [0.717, 1.165) is 12.1 Å². The van der Waals surface area contributed by atoms with Gasteiger partial charge in [-0.15, -0.1) is 0 Å². The van der Waals surface area contributed by atoms with E-state index in [0.29, 0.717) is 42.1 Å². The molecule has 0 fully saturated rings. The molecule has 128 valence electrons. The number of benzene rings is 1. The molecule has 2 aromatic rings. The molecule has 0 spiro atoms. The number of alkyl halides is 3. The van der Waals surface area contributed by atoms with Gasteiger partial charge in [0.15, 0.2) is 0 Å². The van der Waals surface area contributed by atoms with Crippen LogP contribution in [0.15, 0.2) is 24.3 Å². The van der Waals surface area contributed by atoms with Crippen LogP contribution < -0.4 is 10.6 Å². The van der Waals surface area contributed by atoms with E-state index in [1.807, 2.05) is 11.8 Å². The highest BCUT2D eigenvalue weighted by atomic mass is 19.4. The summed E-state index contributed by atoms with van der Waals surface area (Å²) in [6.45, 7) is 3.29. The van der Waals surface area contributed by atoms with Crippen LogP contribution in [-0.4, -0.2) is 22.2 Å². The third kappa shape index (κ3) is 2.83. The number of aryl methyl sites for hydroxylation is 1. The number of carbonyl (C=O) groups excluding carboxylic acids is 1. The maximum atomic E-state index is 12.9. The number of halogens is 3. The summed E-state index contributed by atoms with van der Waals surface area (Å²) in [4.78, 5) is 13.6. The molecule has 3 rings (SSSR count). The number of anilines is 1. The maximum Gasteiger partial charge on any atom is 0.416 e. The largest absolute Gasteiger partial charge is 0.416 e. The molecule has 0 saturated carbocycles. The number of primary amides is 1. The quantitative estimate of drug-likeness (QED) is 0.932. The second-order valence-electron chi connectivity index (χ2n) is 5.71. The minimum atomic E-state index is -4.38. The van der Waals surface area contributed by atoms with Gasteiger partial charge >= 0.3 is 6.18 Å². The van der Waals surface area contributed by atoms with Crippen molar-refractivity contribution < 1.29 is 18.0 Å². The number of nitrogens with two attached hydrogens (primary N) is 1. The van der Waals surface area contributed by atoms with Crippen LogP contribution in [-0.2, 0) is 25.7 Å². The number of hydrogen-bond acceptors (Lipinski definition) is 3. The molecule has 2 heterocycles. The van der Waals surface area contributed by atoms with Crippen molar-refractivity contribution in [2.24, 2.45) is 5.73 Å². The lowest BCUT2D eigenvalue weighted by Gasteiger charge is -2.19. The molecule has 1 aliphatic heterocycles. The Labute approximate surface area is 136 Å². The Balaban J connectivity index is 1.93. The minimum Gasteiger partial charge on any atom is -0.365 e. The third-order valence-corrected chi connectivity index (χ3v) is 4.09. The molecule has 5 nitrogen and oxygen atoms in total. The van der Waals surface area contributed by atoms with Crippen LogP contribution in [0.4, 0.5) is 19.0 Å². The number of rotatable bonds is 4. The van der Waals surface area contributed by atoms with E-state index in [4.69, 9.17) is 5.73 Å². The number of fused-ring (bicyclic) bond motifs is 1. The SMILES string of the molecule is CCc1nn2c(c1C(N)=O)N(Cc1cccc(C(F)(F)F)c1)CC2. The Morgan fingerprint density at radius 2 is 2.08 bits per heavy atom. The molecule has 2 N–H and O–H groups in total. The van der Waals surface area contributed by atoms with Crippen molar-refractivity contribution in [1.82, 2.24) is 9.78 Å². The van der Waals surface area contributed by atoms with E-state index in [-0.39, 0.29) is 6.54 Å². The molecule has 0 saturated heterocycles. The van der Waals surface area contributed by atoms with Crippen LogP contribution in [0, 0.1) is 0 Å². The van der Waals surface area contributed by atoms with Crippen LogP contribution in [0.25, 0.3) is 0 Å². The predicted molar refractivity (Wildman–Crippen MR) is 82.6 cm³/mol. The van der Waals surface area contributed by atoms with Crippen LogP contribution in [0.2, 0.25) is 0 Å². The Kier molecular flexibility index (Phi) is 3.98. The molecule has 0 bridgehead atoms. The highest BCUT2D eigenvalue weighted by molar-refractivity contribution is 5.99. The van der Waals surface area contributed by atoms with Gasteiger partial charge in [-0.3, -0.25) is 4.79 Å². The van der Waals surface area contributed by atoms with Crippen molar-refractivity contribution >= 4 is 11.7 Å². The molecule has 0 atom stereocenters. The molecular weight excluding hydrogens is 321 g/mol. The average molecular weight is 338 g/mol. The summed E-state index contributed by atoms with van der Waals surface area (Å²) in [6.07, 6.45) is -3.81. The molecular formula is C16H17F3N4O. The predicted octanol–water partition coefficient (Wildman–Crippen LogP) is 2.58. The van der Waals surface area contributed by atoms with Crippen LogP contribution in [0.3, 0.4) is 0 Å². The zero-order valence-electron chi connectivity index (χ0n) is 13.1. The van der Waals surface area contributed by atoms with E-state index < -0.39 is 17.6 Å². The first-order chi connectivity index (χ1) is 11.3. The Bertz CT molecular complexity index is 782. The van der Waals surface area contributed by atoms with Gasteiger partial charge in [-0.2, -0.15) is 18.3 Å². The van der Waals surface area contributed by atoms with Crippen LogP contribution in [0.5, 0.6) is 0 Å². The van der Waals surface area contributed by atoms with Crippen molar-refractivity contribution in [3.05, 3.63) is 46.6 Å². The molecule has 1 aromatic carbocycles. The number of nitrogens with zero attached hydrogens (tertiary/aromatic N) is 3. The van der Waals surface area contributed by atoms with E-state index in [1.165, 1.54) is 6.07 Å². The Morgan fingerprint density at radius 3 is 2.71 bits per heavy atom. The number of aromatic nitrogens is 2. The van der Waals surface area contributed by atoms with Gasteiger partial charge < -0.3 is 10.6 Å². The molecule has 8 heteroatoms. The van der Waals surface area contributed by atoms with Gasteiger partial charge in [0.05, 0.1) is 17.8 Å². The van der Waals surface area contributed by atoms with Gasteiger partial charge in [0.25, 0.3) is 5.91 Å². The van der Waals surface area contributed by atoms with E-state index in [1.54, 1.807) is 10.7 Å². The average Bonchev–Trinajstić information content (AvgIpc) is 3.06. The summed E-state index contributed by atoms with van der Waals surface area (Å²) in [5, 5.41) is 4.37. The van der Waals surface area contributed by atoms with Crippen molar-refractivity contribution in [1.29, 1.82) is 0 Å². The summed E-state index contributed by atoms with van der Waals surface area (Å²) in [6, 6.07) is 5.20. The number of hydrogen-bond donors (Lipinski definition) is 1. The fourth-order valence-corrected chi connectivity index (χ4v) is 3.02. The zero-order valence-corrected chi connectivity index (χ0v) is 13.1. The van der Waals surface area contributed by atoms with E-state index in [9.17, 15) is 18.0 Å². The lowest BCUT2D eigenvalue weighted by atomic mass is 10.1. The van der Waals surface area contributed by atoms with Gasteiger partial charge in [0.1, 0.15) is 11.4 Å². The van der Waals surface area contributed by atoms with Gasteiger partial charge in [-0.25, -0.2) is 4.68 Å². The normalized spacial score (nSPS) is 14.1. The number of carbonyl (C=O) groups is 1. The van der Waals surface area contributed by atoms with Gasteiger partial charge in [-0.05, 0) is 24.1 Å². The topological polar surface area (TPSA) is 64.2 Å². The number of amides is 1. The lowest BCUT2D eigenvalue weighted by molar-refractivity contribution is -0.137. The first-order valence-corrected chi connectivity index (χ1v) is 7.61.